The fourth-order valence-corrected chi connectivity index (χ4v) is 4.73. The van der Waals surface area contributed by atoms with Crippen molar-refractivity contribution >= 4 is 29.3 Å². The lowest BCUT2D eigenvalue weighted by Crippen LogP contribution is -2.35. The zero-order valence-corrected chi connectivity index (χ0v) is 20.4. The molecule has 180 valence electrons. The molecular weight excluding hydrogens is 436 g/mol. The van der Waals surface area contributed by atoms with Gasteiger partial charge in [0.2, 0.25) is 11.7 Å². The van der Waals surface area contributed by atoms with Crippen molar-refractivity contribution < 1.29 is 4.52 Å². The first-order valence-electron chi connectivity index (χ1n) is 12.2. The predicted molar refractivity (Wildman–Crippen MR) is 136 cm³/mol. The van der Waals surface area contributed by atoms with Crippen LogP contribution in [0.2, 0.25) is 0 Å². The van der Waals surface area contributed by atoms with Gasteiger partial charge in [-0.25, -0.2) is 0 Å². The number of benzene rings is 1. The summed E-state index contributed by atoms with van der Waals surface area (Å²) in [4.78, 5) is 6.48. The molecular formula is C25H37ClN6O. The molecule has 4 rings (SSSR count). The number of likely N-dealkylation sites (tertiary alicyclic amines) is 1. The van der Waals surface area contributed by atoms with Crippen LogP contribution >= 0.6 is 12.4 Å². The van der Waals surface area contributed by atoms with Gasteiger partial charge >= 0.3 is 0 Å². The molecule has 0 spiro atoms. The second-order valence-corrected chi connectivity index (χ2v) is 8.95. The Morgan fingerprint density at radius 1 is 1.12 bits per heavy atom. The zero-order chi connectivity index (χ0) is 22.3. The Bertz CT molecular complexity index is 1030. The van der Waals surface area contributed by atoms with Gasteiger partial charge in [0.15, 0.2) is 5.96 Å². The maximum atomic E-state index is 7.77. The molecule has 3 N–H and O–H groups in total. The van der Waals surface area contributed by atoms with Crippen molar-refractivity contribution in [3.05, 3.63) is 36.4 Å². The number of hydrogen-bond donors (Lipinski definition) is 2. The van der Waals surface area contributed by atoms with Gasteiger partial charge in [0, 0.05) is 30.4 Å². The summed E-state index contributed by atoms with van der Waals surface area (Å²) < 4.78 is 7.91. The summed E-state index contributed by atoms with van der Waals surface area (Å²) in [7, 11) is 0. The Labute approximate surface area is 202 Å². The van der Waals surface area contributed by atoms with Gasteiger partial charge in [-0.3, -0.25) is 5.41 Å². The molecule has 1 saturated heterocycles. The molecule has 3 heterocycles. The van der Waals surface area contributed by atoms with Crippen molar-refractivity contribution in [1.82, 2.24) is 19.6 Å². The maximum absolute atomic E-state index is 7.77. The van der Waals surface area contributed by atoms with E-state index >= 15 is 0 Å². The largest absolute Gasteiger partial charge is 0.370 e. The Morgan fingerprint density at radius 3 is 2.64 bits per heavy atom. The lowest BCUT2D eigenvalue weighted by molar-refractivity contribution is 0.283. The van der Waals surface area contributed by atoms with E-state index in [4.69, 9.17) is 15.7 Å². The van der Waals surface area contributed by atoms with Gasteiger partial charge in [-0.15, -0.1) is 12.4 Å². The molecule has 0 radical (unpaired) electrons. The molecule has 1 atom stereocenters. The highest BCUT2D eigenvalue weighted by Gasteiger charge is 2.31. The van der Waals surface area contributed by atoms with Crippen molar-refractivity contribution in [3.8, 4) is 11.4 Å². The lowest BCUT2D eigenvalue weighted by atomic mass is 10.1. The Kier molecular flexibility index (Phi) is 9.18. The molecule has 1 unspecified atom stereocenters. The molecule has 1 aliphatic rings. The minimum atomic E-state index is -0.0942. The lowest BCUT2D eigenvalue weighted by Gasteiger charge is -2.21. The number of nitrogens with one attached hydrogen (secondary N) is 1. The minimum absolute atomic E-state index is 0. The van der Waals surface area contributed by atoms with Gasteiger partial charge in [0.25, 0.3) is 0 Å². The molecule has 33 heavy (non-hydrogen) atoms. The molecule has 1 fully saturated rings. The number of hydrogen-bond acceptors (Lipinski definition) is 4. The average molecular weight is 473 g/mol. The van der Waals surface area contributed by atoms with Crippen molar-refractivity contribution in [2.45, 2.75) is 83.7 Å². The van der Waals surface area contributed by atoms with E-state index in [-0.39, 0.29) is 24.4 Å². The third-order valence-electron chi connectivity index (χ3n) is 6.57. The summed E-state index contributed by atoms with van der Waals surface area (Å²) in [6.45, 7) is 4.06. The first kappa shape index (κ1) is 25.1. The standard InChI is InChI=1S/C25H36N6O.ClH/c1-2-3-4-5-6-7-8-9-15-30-17-14-19-12-13-20(18-22(19)30)23-28-24(32-29-23)21-11-10-16-31(21)25(26)27;/h12-14,17-18,21H,2-11,15-16H2,1H3,(H3,26,27);1H. The van der Waals surface area contributed by atoms with E-state index in [0.717, 1.165) is 31.5 Å². The van der Waals surface area contributed by atoms with Crippen LogP contribution in [0.1, 0.15) is 83.1 Å². The molecule has 0 amide bonds. The van der Waals surface area contributed by atoms with Crippen LogP contribution in [0.3, 0.4) is 0 Å². The smallest absolute Gasteiger partial charge is 0.249 e. The van der Waals surface area contributed by atoms with Crippen LogP contribution in [-0.4, -0.2) is 32.1 Å². The molecule has 8 heteroatoms. The first-order valence-corrected chi connectivity index (χ1v) is 12.2. The van der Waals surface area contributed by atoms with Gasteiger partial charge < -0.3 is 19.7 Å². The monoisotopic (exact) mass is 472 g/mol. The Morgan fingerprint density at radius 2 is 1.88 bits per heavy atom. The Hall–Kier alpha value is -2.54. The SMILES string of the molecule is CCCCCCCCCCn1ccc2ccc(-c3noc(C4CCCN4C(=N)N)n3)cc21.Cl. The molecule has 1 aliphatic heterocycles. The number of aryl methyl sites for hydroxylation is 1. The van der Waals surface area contributed by atoms with Crippen LogP contribution in [0.25, 0.3) is 22.3 Å². The number of fused-ring (bicyclic) bond motifs is 1. The van der Waals surface area contributed by atoms with E-state index in [1.165, 1.54) is 62.3 Å². The third-order valence-corrected chi connectivity index (χ3v) is 6.57. The van der Waals surface area contributed by atoms with Crippen LogP contribution in [0, 0.1) is 5.41 Å². The van der Waals surface area contributed by atoms with Crippen molar-refractivity contribution in [3.63, 3.8) is 0 Å². The van der Waals surface area contributed by atoms with E-state index in [0.29, 0.717) is 11.7 Å². The van der Waals surface area contributed by atoms with Crippen molar-refractivity contribution in [1.29, 1.82) is 5.41 Å². The third kappa shape index (κ3) is 6.08. The number of aromatic nitrogens is 3. The van der Waals surface area contributed by atoms with Gasteiger partial charge in [-0.05, 0) is 36.8 Å². The summed E-state index contributed by atoms with van der Waals surface area (Å²) in [6, 6.07) is 8.42. The number of guanidine groups is 1. The number of nitrogens with zero attached hydrogens (tertiary/aromatic N) is 4. The molecule has 2 aromatic heterocycles. The number of rotatable bonds is 11. The highest BCUT2D eigenvalue weighted by molar-refractivity contribution is 5.85. The Balaban J connectivity index is 0.00000306. The average Bonchev–Trinajstić information content (AvgIpc) is 3.54. The second kappa shape index (κ2) is 12.1. The van der Waals surface area contributed by atoms with E-state index in [2.05, 4.69) is 52.1 Å². The maximum Gasteiger partial charge on any atom is 0.249 e. The summed E-state index contributed by atoms with van der Waals surface area (Å²) in [5, 5.41) is 13.2. The fraction of sp³-hybridized carbons (Fsp3) is 0.560. The first-order chi connectivity index (χ1) is 15.7. The predicted octanol–water partition coefficient (Wildman–Crippen LogP) is 6.28. The van der Waals surface area contributed by atoms with E-state index in [1.807, 2.05) is 4.90 Å². The molecule has 1 aromatic carbocycles. The molecule has 7 nitrogen and oxygen atoms in total. The van der Waals surface area contributed by atoms with Gasteiger partial charge in [-0.2, -0.15) is 4.98 Å². The quantitative estimate of drug-likeness (QED) is 0.194. The summed E-state index contributed by atoms with van der Waals surface area (Å²) in [5.41, 5.74) is 7.88. The molecule has 3 aromatic rings. The van der Waals surface area contributed by atoms with Crippen LogP contribution in [0.5, 0.6) is 0 Å². The van der Waals surface area contributed by atoms with Crippen LogP contribution in [0.4, 0.5) is 0 Å². The minimum Gasteiger partial charge on any atom is -0.370 e. The molecule has 0 aliphatic carbocycles. The topological polar surface area (TPSA) is 97.0 Å². The van der Waals surface area contributed by atoms with Crippen LogP contribution in [-0.2, 0) is 6.54 Å². The van der Waals surface area contributed by atoms with Crippen molar-refractivity contribution in [2.75, 3.05) is 6.54 Å². The summed E-state index contributed by atoms with van der Waals surface area (Å²) in [6.07, 6.45) is 14.7. The van der Waals surface area contributed by atoms with Crippen LogP contribution in [0.15, 0.2) is 35.0 Å². The van der Waals surface area contributed by atoms with Gasteiger partial charge in [0.05, 0.1) is 0 Å². The second-order valence-electron chi connectivity index (χ2n) is 8.95. The molecule has 0 bridgehead atoms. The highest BCUT2D eigenvalue weighted by atomic mass is 35.5. The number of halogens is 1. The zero-order valence-electron chi connectivity index (χ0n) is 19.6. The fourth-order valence-electron chi connectivity index (χ4n) is 4.73. The van der Waals surface area contributed by atoms with Crippen LogP contribution < -0.4 is 5.73 Å². The number of nitrogens with two attached hydrogens (primary N) is 1. The summed E-state index contributed by atoms with van der Waals surface area (Å²) >= 11 is 0. The van der Waals surface area contributed by atoms with E-state index < -0.39 is 0 Å². The van der Waals surface area contributed by atoms with E-state index in [1.54, 1.807) is 0 Å². The normalized spacial score (nSPS) is 15.8. The van der Waals surface area contributed by atoms with Gasteiger partial charge in [-0.1, -0.05) is 69.2 Å². The highest BCUT2D eigenvalue weighted by Crippen LogP contribution is 2.32. The molecule has 0 saturated carbocycles. The summed E-state index contributed by atoms with van der Waals surface area (Å²) in [5.74, 6) is 1.20. The van der Waals surface area contributed by atoms with Gasteiger partial charge in [0.1, 0.15) is 6.04 Å². The number of unbranched alkanes of at least 4 members (excludes halogenated alkanes) is 7. The van der Waals surface area contributed by atoms with E-state index in [9.17, 15) is 0 Å². The van der Waals surface area contributed by atoms with Crippen molar-refractivity contribution in [2.24, 2.45) is 5.73 Å².